The molecule has 1 atom stereocenters. The molecular formula is C15H14N4. The third-order valence-corrected chi connectivity index (χ3v) is 3.27. The molecule has 1 aromatic rings. The molecule has 0 unspecified atom stereocenters. The highest BCUT2D eigenvalue weighted by molar-refractivity contribution is 5.76. The highest BCUT2D eigenvalue weighted by atomic mass is 14.9. The summed E-state index contributed by atoms with van der Waals surface area (Å²) in [4.78, 5) is 0. The van der Waals surface area contributed by atoms with Crippen molar-refractivity contribution in [2.75, 3.05) is 5.73 Å². The second kappa shape index (κ2) is 4.88. The van der Waals surface area contributed by atoms with E-state index in [1.165, 1.54) is 0 Å². The van der Waals surface area contributed by atoms with Crippen molar-refractivity contribution in [3.63, 3.8) is 0 Å². The van der Waals surface area contributed by atoms with Gasteiger partial charge in [0.1, 0.15) is 0 Å². The summed E-state index contributed by atoms with van der Waals surface area (Å²) in [6.07, 6.45) is 0. The van der Waals surface area contributed by atoms with Gasteiger partial charge in [-0.1, -0.05) is 19.1 Å². The van der Waals surface area contributed by atoms with Crippen molar-refractivity contribution in [3.05, 3.63) is 46.7 Å². The van der Waals surface area contributed by atoms with Crippen molar-refractivity contribution in [2.24, 2.45) is 5.92 Å². The predicted molar refractivity (Wildman–Crippen MR) is 74.0 cm³/mol. The molecule has 0 spiro atoms. The first kappa shape index (κ1) is 12.7. The maximum absolute atomic E-state index is 9.35. The molecule has 1 heterocycles. The molecule has 0 aromatic heterocycles. The number of nitrogen functional groups attached to an aromatic ring is 1. The molecule has 3 N–H and O–H groups in total. The Morgan fingerprint density at radius 2 is 1.89 bits per heavy atom. The zero-order chi connectivity index (χ0) is 14.0. The number of dihydropyridines is 1. The van der Waals surface area contributed by atoms with E-state index in [4.69, 9.17) is 11.0 Å². The lowest BCUT2D eigenvalue weighted by atomic mass is 9.86. The van der Waals surface area contributed by atoms with Gasteiger partial charge in [-0.3, -0.25) is 0 Å². The number of nitrogens with two attached hydrogens (primary N) is 1. The molecular weight excluding hydrogens is 236 g/mol. The molecule has 0 fully saturated rings. The fourth-order valence-corrected chi connectivity index (χ4v) is 2.26. The second-order valence-corrected chi connectivity index (χ2v) is 4.52. The molecule has 0 saturated heterocycles. The smallest absolute Gasteiger partial charge is 0.0975 e. The van der Waals surface area contributed by atoms with Gasteiger partial charge in [0.15, 0.2) is 0 Å². The van der Waals surface area contributed by atoms with E-state index in [1.807, 2.05) is 32.0 Å². The molecule has 1 aliphatic heterocycles. The van der Waals surface area contributed by atoms with E-state index in [0.29, 0.717) is 16.8 Å². The highest BCUT2D eigenvalue weighted by Crippen LogP contribution is 2.32. The second-order valence-electron chi connectivity index (χ2n) is 4.52. The van der Waals surface area contributed by atoms with E-state index in [2.05, 4.69) is 17.5 Å². The van der Waals surface area contributed by atoms with Gasteiger partial charge in [-0.25, -0.2) is 0 Å². The Balaban J connectivity index is 2.57. The van der Waals surface area contributed by atoms with E-state index in [-0.39, 0.29) is 5.92 Å². The summed E-state index contributed by atoms with van der Waals surface area (Å²) in [7, 11) is 0. The lowest BCUT2D eigenvalue weighted by Gasteiger charge is -2.25. The molecule has 4 nitrogen and oxygen atoms in total. The molecule has 94 valence electrons. The summed E-state index contributed by atoms with van der Waals surface area (Å²) in [5.74, 6) is -0.201. The third-order valence-electron chi connectivity index (χ3n) is 3.27. The number of nitrogens with one attached hydrogen (secondary N) is 1. The van der Waals surface area contributed by atoms with Gasteiger partial charge in [0.2, 0.25) is 0 Å². The van der Waals surface area contributed by atoms with Crippen molar-refractivity contribution >= 4 is 11.4 Å². The first-order valence-corrected chi connectivity index (χ1v) is 5.96. The summed E-state index contributed by atoms with van der Waals surface area (Å²) < 4.78 is 0. The minimum atomic E-state index is -0.201. The maximum atomic E-state index is 9.35. The van der Waals surface area contributed by atoms with Crippen molar-refractivity contribution < 1.29 is 0 Å². The summed E-state index contributed by atoms with van der Waals surface area (Å²) >= 11 is 0. The average molecular weight is 250 g/mol. The molecule has 0 aliphatic carbocycles. The minimum absolute atomic E-state index is 0.201. The van der Waals surface area contributed by atoms with Crippen LogP contribution in [-0.4, -0.2) is 0 Å². The quantitative estimate of drug-likeness (QED) is 0.750. The largest absolute Gasteiger partial charge is 0.399 e. The van der Waals surface area contributed by atoms with Crippen LogP contribution in [-0.2, 0) is 0 Å². The monoisotopic (exact) mass is 250 g/mol. The van der Waals surface area contributed by atoms with Gasteiger partial charge in [-0.05, 0) is 19.1 Å². The Morgan fingerprint density at radius 3 is 2.47 bits per heavy atom. The number of hydrogen-bond acceptors (Lipinski definition) is 4. The molecule has 0 radical (unpaired) electrons. The van der Waals surface area contributed by atoms with Gasteiger partial charge < -0.3 is 11.1 Å². The van der Waals surface area contributed by atoms with E-state index >= 15 is 0 Å². The summed E-state index contributed by atoms with van der Waals surface area (Å²) in [5, 5.41) is 21.6. The van der Waals surface area contributed by atoms with Crippen LogP contribution >= 0.6 is 0 Å². The highest BCUT2D eigenvalue weighted by Gasteiger charge is 2.26. The molecule has 0 saturated carbocycles. The standard InChI is InChI=1S/C15H14N4/c1-9-13(7-16)10(2)19-15(14(9)8-17)11-4-3-5-12(18)6-11/h3-6,9,19H,18H2,1-2H3/t9-/m1/s1. The molecule has 1 aromatic carbocycles. The Kier molecular flexibility index (Phi) is 3.27. The lowest BCUT2D eigenvalue weighted by molar-refractivity contribution is 0.791. The van der Waals surface area contributed by atoms with E-state index < -0.39 is 0 Å². The molecule has 0 bridgehead atoms. The van der Waals surface area contributed by atoms with Crippen LogP contribution in [0.2, 0.25) is 0 Å². The van der Waals surface area contributed by atoms with E-state index in [0.717, 1.165) is 17.0 Å². The van der Waals surface area contributed by atoms with Gasteiger partial charge in [0.25, 0.3) is 0 Å². The van der Waals surface area contributed by atoms with Crippen molar-refractivity contribution in [1.29, 1.82) is 10.5 Å². The predicted octanol–water partition coefficient (Wildman–Crippen LogP) is 2.54. The fourth-order valence-electron chi connectivity index (χ4n) is 2.26. The number of nitrogens with zero attached hydrogens (tertiary/aromatic N) is 2. The number of nitriles is 2. The van der Waals surface area contributed by atoms with Crippen molar-refractivity contribution in [3.8, 4) is 12.1 Å². The molecule has 0 amide bonds. The van der Waals surface area contributed by atoms with Gasteiger partial charge in [-0.15, -0.1) is 0 Å². The van der Waals surface area contributed by atoms with Crippen LogP contribution in [0.25, 0.3) is 5.70 Å². The lowest BCUT2D eigenvalue weighted by Crippen LogP contribution is -2.23. The van der Waals surface area contributed by atoms with Crippen LogP contribution in [0.4, 0.5) is 5.69 Å². The Labute approximate surface area is 112 Å². The maximum Gasteiger partial charge on any atom is 0.0975 e. The summed E-state index contributed by atoms with van der Waals surface area (Å²) in [5.41, 5.74) is 9.96. The van der Waals surface area contributed by atoms with Crippen LogP contribution in [0, 0.1) is 28.6 Å². The molecule has 4 heteroatoms. The third kappa shape index (κ3) is 2.17. The summed E-state index contributed by atoms with van der Waals surface area (Å²) in [6.45, 7) is 3.71. The SMILES string of the molecule is CC1=C(C#N)[C@@H](C)C(C#N)=C(c2cccc(N)c2)N1. The molecule has 1 aliphatic rings. The van der Waals surface area contributed by atoms with E-state index in [1.54, 1.807) is 6.07 Å². The van der Waals surface area contributed by atoms with Crippen molar-refractivity contribution in [2.45, 2.75) is 13.8 Å². The Bertz CT molecular complexity index is 668. The zero-order valence-corrected chi connectivity index (χ0v) is 10.9. The first-order chi connectivity index (χ1) is 9.08. The van der Waals surface area contributed by atoms with Crippen LogP contribution in [0.15, 0.2) is 41.1 Å². The van der Waals surface area contributed by atoms with Crippen LogP contribution < -0.4 is 11.1 Å². The topological polar surface area (TPSA) is 85.6 Å². The zero-order valence-electron chi connectivity index (χ0n) is 10.9. The number of anilines is 1. The number of rotatable bonds is 1. The average Bonchev–Trinajstić information content (AvgIpc) is 2.38. The first-order valence-electron chi connectivity index (χ1n) is 5.96. The van der Waals surface area contributed by atoms with Gasteiger partial charge in [-0.2, -0.15) is 10.5 Å². The number of hydrogen-bond donors (Lipinski definition) is 2. The Hall–Kier alpha value is -2.72. The fraction of sp³-hybridized carbons (Fsp3) is 0.200. The van der Waals surface area contributed by atoms with Gasteiger partial charge in [0.05, 0.1) is 29.0 Å². The number of allylic oxidation sites excluding steroid dienone is 3. The molecule has 2 rings (SSSR count). The van der Waals surface area contributed by atoms with Crippen LogP contribution in [0.1, 0.15) is 19.4 Å². The minimum Gasteiger partial charge on any atom is -0.399 e. The number of benzene rings is 1. The molecule has 19 heavy (non-hydrogen) atoms. The van der Waals surface area contributed by atoms with Gasteiger partial charge >= 0.3 is 0 Å². The van der Waals surface area contributed by atoms with Crippen LogP contribution in [0.5, 0.6) is 0 Å². The van der Waals surface area contributed by atoms with Crippen molar-refractivity contribution in [1.82, 2.24) is 5.32 Å². The summed E-state index contributed by atoms with van der Waals surface area (Å²) in [6, 6.07) is 11.7. The van der Waals surface area contributed by atoms with E-state index in [9.17, 15) is 5.26 Å². The van der Waals surface area contributed by atoms with Gasteiger partial charge in [0, 0.05) is 22.9 Å². The Morgan fingerprint density at radius 1 is 1.21 bits per heavy atom. The van der Waals surface area contributed by atoms with Crippen LogP contribution in [0.3, 0.4) is 0 Å². The normalized spacial score (nSPS) is 18.6.